The van der Waals surface area contributed by atoms with E-state index in [2.05, 4.69) is 9.88 Å². The molecule has 2 rings (SSSR count). The maximum atomic E-state index is 9.21. The third-order valence-corrected chi connectivity index (χ3v) is 2.65. The van der Waals surface area contributed by atoms with Gasteiger partial charge in [-0.3, -0.25) is 9.88 Å². The molecule has 4 nitrogen and oxygen atoms in total. The van der Waals surface area contributed by atoms with Crippen LogP contribution in [-0.2, 0) is 0 Å². The van der Waals surface area contributed by atoms with Gasteiger partial charge in [0.05, 0.1) is 6.10 Å². The fourth-order valence-corrected chi connectivity index (χ4v) is 1.82. The number of likely N-dealkylation sites (tertiary alicyclic amines) is 1. The predicted octanol–water partition coefficient (Wildman–Crippen LogP) is -0.242. The molecule has 1 aromatic heterocycles. The Labute approximate surface area is 83.4 Å². The lowest BCUT2D eigenvalue weighted by Crippen LogP contribution is -2.53. The smallest absolute Gasteiger partial charge is 0.0794 e. The zero-order valence-electron chi connectivity index (χ0n) is 8.00. The van der Waals surface area contributed by atoms with Crippen LogP contribution in [0.4, 0.5) is 0 Å². The van der Waals surface area contributed by atoms with Gasteiger partial charge in [-0.1, -0.05) is 0 Å². The molecule has 3 N–H and O–H groups in total. The number of nitrogens with two attached hydrogens (primary N) is 1. The molecule has 1 aliphatic rings. The topological polar surface area (TPSA) is 62.4 Å². The van der Waals surface area contributed by atoms with Crippen molar-refractivity contribution in [1.29, 1.82) is 0 Å². The van der Waals surface area contributed by atoms with Crippen molar-refractivity contribution >= 4 is 0 Å². The largest absolute Gasteiger partial charge is 0.390 e. The van der Waals surface area contributed by atoms with Gasteiger partial charge in [0.15, 0.2) is 0 Å². The summed E-state index contributed by atoms with van der Waals surface area (Å²) in [5.74, 6) is 0. The fraction of sp³-hybridized carbons (Fsp3) is 0.500. The number of aromatic nitrogens is 1. The van der Waals surface area contributed by atoms with Crippen molar-refractivity contribution in [2.24, 2.45) is 5.73 Å². The SMILES string of the molecule is NCC(c1ccncc1)N1CC(O)C1. The summed E-state index contributed by atoms with van der Waals surface area (Å²) in [5.41, 5.74) is 6.89. The summed E-state index contributed by atoms with van der Waals surface area (Å²) < 4.78 is 0. The van der Waals surface area contributed by atoms with E-state index in [9.17, 15) is 5.11 Å². The fourth-order valence-electron chi connectivity index (χ4n) is 1.82. The Morgan fingerprint density at radius 3 is 2.64 bits per heavy atom. The maximum absolute atomic E-state index is 9.21. The first-order chi connectivity index (χ1) is 6.81. The molecule has 0 radical (unpaired) electrons. The molecule has 1 saturated heterocycles. The number of rotatable bonds is 3. The predicted molar refractivity (Wildman–Crippen MR) is 53.6 cm³/mol. The summed E-state index contributed by atoms with van der Waals surface area (Å²) in [7, 11) is 0. The lowest BCUT2D eigenvalue weighted by molar-refractivity contribution is -0.0234. The van der Waals surface area contributed by atoms with Crippen LogP contribution in [0.3, 0.4) is 0 Å². The minimum Gasteiger partial charge on any atom is -0.390 e. The molecular formula is C10H15N3O. The minimum absolute atomic E-state index is 0.175. The van der Waals surface area contributed by atoms with Gasteiger partial charge in [0.1, 0.15) is 0 Å². The highest BCUT2D eigenvalue weighted by Gasteiger charge is 2.30. The molecule has 0 saturated carbocycles. The van der Waals surface area contributed by atoms with E-state index < -0.39 is 0 Å². The van der Waals surface area contributed by atoms with Gasteiger partial charge in [-0.2, -0.15) is 0 Å². The second-order valence-corrected chi connectivity index (χ2v) is 3.64. The summed E-state index contributed by atoms with van der Waals surface area (Å²) in [6.45, 7) is 2.03. The number of aliphatic hydroxyl groups excluding tert-OH is 1. The van der Waals surface area contributed by atoms with Crippen LogP contribution in [0.5, 0.6) is 0 Å². The molecule has 0 aromatic carbocycles. The quantitative estimate of drug-likeness (QED) is 0.695. The number of β-amino-alcohol motifs (C(OH)–C–C–N with tert-alkyl or cyclic N) is 1. The Balaban J connectivity index is 2.07. The Morgan fingerprint density at radius 1 is 1.50 bits per heavy atom. The van der Waals surface area contributed by atoms with Gasteiger partial charge in [0, 0.05) is 38.1 Å². The molecule has 1 aromatic rings. The normalized spacial score (nSPS) is 20.4. The second kappa shape index (κ2) is 4.04. The van der Waals surface area contributed by atoms with E-state index >= 15 is 0 Å². The van der Waals surface area contributed by atoms with Gasteiger partial charge in [0.2, 0.25) is 0 Å². The Morgan fingerprint density at radius 2 is 2.14 bits per heavy atom. The molecule has 4 heteroatoms. The van der Waals surface area contributed by atoms with Gasteiger partial charge >= 0.3 is 0 Å². The van der Waals surface area contributed by atoms with Gasteiger partial charge in [-0.15, -0.1) is 0 Å². The first-order valence-corrected chi connectivity index (χ1v) is 4.83. The first-order valence-electron chi connectivity index (χ1n) is 4.83. The molecule has 0 bridgehead atoms. The van der Waals surface area contributed by atoms with Crippen LogP contribution < -0.4 is 5.73 Å². The molecule has 1 atom stereocenters. The number of pyridine rings is 1. The number of aliphatic hydroxyl groups is 1. The standard InChI is InChI=1S/C10H15N3O/c11-5-10(13-6-9(14)7-13)8-1-3-12-4-2-8/h1-4,9-10,14H,5-7,11H2. The average Bonchev–Trinajstić information content (AvgIpc) is 2.18. The average molecular weight is 193 g/mol. The molecule has 1 aliphatic heterocycles. The third-order valence-electron chi connectivity index (χ3n) is 2.65. The van der Waals surface area contributed by atoms with Gasteiger partial charge in [0.25, 0.3) is 0 Å². The third kappa shape index (κ3) is 1.77. The summed E-state index contributed by atoms with van der Waals surface area (Å²) in [4.78, 5) is 6.15. The van der Waals surface area contributed by atoms with Crippen LogP contribution in [0, 0.1) is 0 Å². The van der Waals surface area contributed by atoms with Crippen molar-refractivity contribution in [1.82, 2.24) is 9.88 Å². The molecule has 14 heavy (non-hydrogen) atoms. The van der Waals surface area contributed by atoms with Crippen LogP contribution in [0.1, 0.15) is 11.6 Å². The van der Waals surface area contributed by atoms with E-state index in [1.807, 2.05) is 12.1 Å². The lowest BCUT2D eigenvalue weighted by atomic mass is 10.0. The molecule has 1 fully saturated rings. The van der Waals surface area contributed by atoms with Crippen molar-refractivity contribution in [2.75, 3.05) is 19.6 Å². The van der Waals surface area contributed by atoms with Crippen LogP contribution in [0.2, 0.25) is 0 Å². The lowest BCUT2D eigenvalue weighted by Gasteiger charge is -2.41. The van der Waals surface area contributed by atoms with E-state index in [1.54, 1.807) is 12.4 Å². The Bertz CT molecular complexity index is 285. The Hall–Kier alpha value is -0.970. The monoisotopic (exact) mass is 193 g/mol. The van der Waals surface area contributed by atoms with Crippen molar-refractivity contribution < 1.29 is 5.11 Å². The highest BCUT2D eigenvalue weighted by Crippen LogP contribution is 2.24. The van der Waals surface area contributed by atoms with Crippen molar-refractivity contribution in [3.8, 4) is 0 Å². The highest BCUT2D eigenvalue weighted by molar-refractivity contribution is 5.16. The second-order valence-electron chi connectivity index (χ2n) is 3.64. The van der Waals surface area contributed by atoms with E-state index in [-0.39, 0.29) is 12.1 Å². The van der Waals surface area contributed by atoms with Crippen LogP contribution in [0.15, 0.2) is 24.5 Å². The zero-order valence-corrected chi connectivity index (χ0v) is 8.00. The first kappa shape index (κ1) is 9.58. The summed E-state index contributed by atoms with van der Waals surface area (Å²) in [6, 6.07) is 4.17. The van der Waals surface area contributed by atoms with Gasteiger partial charge in [-0.05, 0) is 17.7 Å². The summed E-state index contributed by atoms with van der Waals surface area (Å²) in [6.07, 6.45) is 3.37. The number of nitrogens with zero attached hydrogens (tertiary/aromatic N) is 2. The number of hydrogen-bond donors (Lipinski definition) is 2. The van der Waals surface area contributed by atoms with Gasteiger partial charge < -0.3 is 10.8 Å². The van der Waals surface area contributed by atoms with Crippen LogP contribution in [-0.4, -0.2) is 40.7 Å². The molecular weight excluding hydrogens is 178 g/mol. The molecule has 0 spiro atoms. The van der Waals surface area contributed by atoms with E-state index in [0.717, 1.165) is 13.1 Å². The van der Waals surface area contributed by atoms with E-state index in [1.165, 1.54) is 5.56 Å². The molecule has 1 unspecified atom stereocenters. The van der Waals surface area contributed by atoms with Gasteiger partial charge in [-0.25, -0.2) is 0 Å². The Kier molecular flexibility index (Phi) is 2.77. The molecule has 2 heterocycles. The molecule has 0 amide bonds. The zero-order chi connectivity index (χ0) is 9.97. The van der Waals surface area contributed by atoms with Crippen molar-refractivity contribution in [2.45, 2.75) is 12.1 Å². The maximum Gasteiger partial charge on any atom is 0.0794 e. The minimum atomic E-state index is -0.175. The number of hydrogen-bond acceptors (Lipinski definition) is 4. The van der Waals surface area contributed by atoms with E-state index in [0.29, 0.717) is 6.54 Å². The van der Waals surface area contributed by atoms with Crippen LogP contribution >= 0.6 is 0 Å². The van der Waals surface area contributed by atoms with E-state index in [4.69, 9.17) is 5.73 Å². The molecule has 76 valence electrons. The molecule has 0 aliphatic carbocycles. The summed E-state index contributed by atoms with van der Waals surface area (Å²) in [5, 5.41) is 9.21. The van der Waals surface area contributed by atoms with Crippen LogP contribution in [0.25, 0.3) is 0 Å². The highest BCUT2D eigenvalue weighted by atomic mass is 16.3. The van der Waals surface area contributed by atoms with Crippen molar-refractivity contribution in [3.63, 3.8) is 0 Å². The summed E-state index contributed by atoms with van der Waals surface area (Å²) >= 11 is 0. The van der Waals surface area contributed by atoms with Crippen molar-refractivity contribution in [3.05, 3.63) is 30.1 Å².